The highest BCUT2D eigenvalue weighted by Gasteiger charge is 2.57. The van der Waals surface area contributed by atoms with Crippen LogP contribution in [0.1, 0.15) is 32.8 Å². The average Bonchev–Trinajstić information content (AvgIpc) is 2.47. The lowest BCUT2D eigenvalue weighted by Gasteiger charge is -2.59. The average molecular weight is 417 g/mol. The van der Waals surface area contributed by atoms with Crippen molar-refractivity contribution in [2.24, 2.45) is 16.1 Å². The highest BCUT2D eigenvalue weighted by Crippen LogP contribution is 2.51. The molecule has 0 aliphatic heterocycles. The third kappa shape index (κ3) is 3.93. The molecule has 2 rings (SSSR count). The van der Waals surface area contributed by atoms with Gasteiger partial charge in [0.2, 0.25) is 0 Å². The molecule has 0 bridgehead atoms. The number of benzene rings is 1. The van der Waals surface area contributed by atoms with Crippen LogP contribution in [-0.4, -0.2) is 31.3 Å². The lowest BCUT2D eigenvalue weighted by atomic mass is 9.56. The SMILES string of the molecule is COC1(C)CC(NC(N)=NCCc2ccccc2)C1(C)C.I. The summed E-state index contributed by atoms with van der Waals surface area (Å²) in [7, 11) is 1.77. The lowest BCUT2D eigenvalue weighted by molar-refractivity contribution is -0.176. The number of hydrogen-bond acceptors (Lipinski definition) is 2. The van der Waals surface area contributed by atoms with Crippen molar-refractivity contribution < 1.29 is 4.74 Å². The maximum Gasteiger partial charge on any atom is 0.188 e. The van der Waals surface area contributed by atoms with Crippen LogP contribution in [0.2, 0.25) is 0 Å². The summed E-state index contributed by atoms with van der Waals surface area (Å²) >= 11 is 0. The molecule has 0 heterocycles. The molecule has 3 N–H and O–H groups in total. The molecule has 1 fully saturated rings. The molecule has 1 aliphatic carbocycles. The van der Waals surface area contributed by atoms with Crippen LogP contribution in [0.15, 0.2) is 35.3 Å². The fourth-order valence-electron chi connectivity index (χ4n) is 2.90. The van der Waals surface area contributed by atoms with Gasteiger partial charge < -0.3 is 15.8 Å². The first-order chi connectivity index (χ1) is 9.89. The number of methoxy groups -OCH3 is 1. The summed E-state index contributed by atoms with van der Waals surface area (Å²) in [6.07, 6.45) is 1.86. The van der Waals surface area contributed by atoms with E-state index < -0.39 is 0 Å². The highest BCUT2D eigenvalue weighted by atomic mass is 127. The first-order valence-corrected chi connectivity index (χ1v) is 7.54. The summed E-state index contributed by atoms with van der Waals surface area (Å²) in [5.74, 6) is 0.530. The number of halogens is 1. The molecular formula is C17H28IN3O. The van der Waals surface area contributed by atoms with E-state index in [1.807, 2.05) is 18.2 Å². The van der Waals surface area contributed by atoms with Gasteiger partial charge in [-0.1, -0.05) is 44.2 Å². The number of ether oxygens (including phenoxy) is 1. The standard InChI is InChI=1S/C17H27N3O.HI/c1-16(2)14(12-17(16,3)21-4)20-15(18)19-11-10-13-8-6-5-7-9-13;/h5-9,14H,10-12H2,1-4H3,(H3,18,19,20);1H. The Morgan fingerprint density at radius 3 is 2.50 bits per heavy atom. The molecule has 5 heteroatoms. The van der Waals surface area contributed by atoms with E-state index in [0.717, 1.165) is 12.8 Å². The molecule has 124 valence electrons. The number of aliphatic imine (C=N–C) groups is 1. The molecule has 0 saturated heterocycles. The number of nitrogens with one attached hydrogen (secondary N) is 1. The van der Waals surface area contributed by atoms with Gasteiger partial charge in [0.05, 0.1) is 5.60 Å². The summed E-state index contributed by atoms with van der Waals surface area (Å²) in [6, 6.07) is 10.6. The van der Waals surface area contributed by atoms with Crippen molar-refractivity contribution in [2.75, 3.05) is 13.7 Å². The minimum absolute atomic E-state index is 0. The van der Waals surface area contributed by atoms with E-state index in [4.69, 9.17) is 10.5 Å². The quantitative estimate of drug-likeness (QED) is 0.440. The predicted octanol–water partition coefficient (Wildman–Crippen LogP) is 2.96. The van der Waals surface area contributed by atoms with Crippen LogP contribution < -0.4 is 11.1 Å². The predicted molar refractivity (Wildman–Crippen MR) is 103 cm³/mol. The van der Waals surface area contributed by atoms with Crippen molar-refractivity contribution in [1.29, 1.82) is 0 Å². The Morgan fingerprint density at radius 2 is 1.95 bits per heavy atom. The Kier molecular flexibility index (Phi) is 6.67. The van der Waals surface area contributed by atoms with Gasteiger partial charge in [-0.2, -0.15) is 0 Å². The van der Waals surface area contributed by atoms with Gasteiger partial charge in [-0.25, -0.2) is 0 Å². The number of nitrogens with zero attached hydrogens (tertiary/aromatic N) is 1. The van der Waals surface area contributed by atoms with Gasteiger partial charge in [0.1, 0.15) is 0 Å². The van der Waals surface area contributed by atoms with Crippen LogP contribution >= 0.6 is 24.0 Å². The van der Waals surface area contributed by atoms with Gasteiger partial charge in [0, 0.05) is 25.1 Å². The largest absolute Gasteiger partial charge is 0.378 e. The number of guanidine groups is 1. The fourth-order valence-corrected chi connectivity index (χ4v) is 2.90. The first-order valence-electron chi connectivity index (χ1n) is 7.54. The molecule has 1 aliphatic rings. The second kappa shape index (κ2) is 7.64. The summed E-state index contributed by atoms with van der Waals surface area (Å²) in [4.78, 5) is 4.42. The zero-order valence-electron chi connectivity index (χ0n) is 13.9. The zero-order chi connectivity index (χ0) is 15.5. The topological polar surface area (TPSA) is 59.6 Å². The van der Waals surface area contributed by atoms with Gasteiger partial charge in [0.25, 0.3) is 0 Å². The molecular weight excluding hydrogens is 389 g/mol. The van der Waals surface area contributed by atoms with Crippen LogP contribution in [0.3, 0.4) is 0 Å². The van der Waals surface area contributed by atoms with E-state index in [9.17, 15) is 0 Å². The summed E-state index contributed by atoms with van der Waals surface area (Å²) < 4.78 is 5.62. The Morgan fingerprint density at radius 1 is 1.32 bits per heavy atom. The number of nitrogens with two attached hydrogens (primary N) is 1. The minimum Gasteiger partial charge on any atom is -0.378 e. The third-order valence-electron chi connectivity index (χ3n) is 5.13. The first kappa shape index (κ1) is 19.2. The van der Waals surface area contributed by atoms with Crippen molar-refractivity contribution in [1.82, 2.24) is 5.32 Å². The monoisotopic (exact) mass is 417 g/mol. The lowest BCUT2D eigenvalue weighted by Crippen LogP contribution is -2.69. The second-order valence-corrected chi connectivity index (χ2v) is 6.56. The van der Waals surface area contributed by atoms with Crippen LogP contribution in [0.25, 0.3) is 0 Å². The second-order valence-electron chi connectivity index (χ2n) is 6.56. The maximum atomic E-state index is 6.00. The molecule has 22 heavy (non-hydrogen) atoms. The number of rotatable bonds is 5. The summed E-state index contributed by atoms with van der Waals surface area (Å²) in [5.41, 5.74) is 7.23. The zero-order valence-corrected chi connectivity index (χ0v) is 16.3. The molecule has 2 atom stereocenters. The third-order valence-corrected chi connectivity index (χ3v) is 5.13. The molecule has 4 nitrogen and oxygen atoms in total. The van der Waals surface area contributed by atoms with Crippen molar-refractivity contribution in [3.8, 4) is 0 Å². The Hall–Kier alpha value is -0.820. The fraction of sp³-hybridized carbons (Fsp3) is 0.588. The molecule has 0 spiro atoms. The van der Waals surface area contributed by atoms with Crippen LogP contribution in [0.5, 0.6) is 0 Å². The van der Waals surface area contributed by atoms with Crippen molar-refractivity contribution >= 4 is 29.9 Å². The van der Waals surface area contributed by atoms with Gasteiger partial charge in [-0.3, -0.25) is 4.99 Å². The van der Waals surface area contributed by atoms with Crippen LogP contribution in [-0.2, 0) is 11.2 Å². The highest BCUT2D eigenvalue weighted by molar-refractivity contribution is 14.0. The summed E-state index contributed by atoms with van der Waals surface area (Å²) in [5, 5.41) is 3.33. The molecule has 0 radical (unpaired) electrons. The summed E-state index contributed by atoms with van der Waals surface area (Å²) in [6.45, 7) is 7.26. The molecule has 0 aromatic heterocycles. The van der Waals surface area contributed by atoms with Crippen molar-refractivity contribution in [2.45, 2.75) is 45.3 Å². The van der Waals surface area contributed by atoms with Gasteiger partial charge >= 0.3 is 0 Å². The Bertz CT molecular complexity index is 504. The van der Waals surface area contributed by atoms with Crippen molar-refractivity contribution in [3.63, 3.8) is 0 Å². The Labute approximate surface area is 150 Å². The van der Waals surface area contributed by atoms with Gasteiger partial charge in [-0.05, 0) is 25.3 Å². The number of hydrogen-bond donors (Lipinski definition) is 2. The van der Waals surface area contributed by atoms with Crippen LogP contribution in [0.4, 0.5) is 0 Å². The normalized spacial score (nSPS) is 26.7. The molecule has 2 unspecified atom stereocenters. The van der Waals surface area contributed by atoms with E-state index in [-0.39, 0.29) is 35.0 Å². The van der Waals surface area contributed by atoms with Gasteiger partial charge in [-0.15, -0.1) is 24.0 Å². The molecule has 0 amide bonds. The van der Waals surface area contributed by atoms with E-state index in [1.165, 1.54) is 5.56 Å². The van der Waals surface area contributed by atoms with Crippen LogP contribution in [0, 0.1) is 5.41 Å². The van der Waals surface area contributed by atoms with Gasteiger partial charge in [0.15, 0.2) is 5.96 Å². The maximum absolute atomic E-state index is 6.00. The van der Waals surface area contributed by atoms with E-state index in [1.54, 1.807) is 7.11 Å². The Balaban J connectivity index is 0.00000242. The smallest absolute Gasteiger partial charge is 0.188 e. The van der Waals surface area contributed by atoms with Crippen molar-refractivity contribution in [3.05, 3.63) is 35.9 Å². The van der Waals surface area contributed by atoms with E-state index >= 15 is 0 Å². The van der Waals surface area contributed by atoms with E-state index in [2.05, 4.69) is 43.2 Å². The molecule has 1 aromatic carbocycles. The van der Waals surface area contributed by atoms with E-state index in [0.29, 0.717) is 18.5 Å². The molecule has 1 aromatic rings. The molecule has 1 saturated carbocycles. The minimum atomic E-state index is -0.0883.